The monoisotopic (exact) mass is 452 g/mol. The molecule has 0 spiro atoms. The smallest absolute Gasteiger partial charge is 0.253 e. The fourth-order valence-corrected chi connectivity index (χ4v) is 4.97. The van der Waals surface area contributed by atoms with E-state index in [1.165, 1.54) is 17.1 Å². The van der Waals surface area contributed by atoms with E-state index in [-0.39, 0.29) is 0 Å². The molecule has 0 amide bonds. The first-order chi connectivity index (χ1) is 14.9. The number of benzene rings is 1. The first-order valence-corrected chi connectivity index (χ1v) is 10.9. The second kappa shape index (κ2) is 7.55. The van der Waals surface area contributed by atoms with Crippen molar-refractivity contribution in [2.75, 3.05) is 5.01 Å². The van der Waals surface area contributed by atoms with Crippen molar-refractivity contribution >= 4 is 34.6 Å². The summed E-state index contributed by atoms with van der Waals surface area (Å²) in [6.45, 7) is 6.44. The molecule has 0 unspecified atom stereocenters. The van der Waals surface area contributed by atoms with Crippen LogP contribution in [0.3, 0.4) is 0 Å². The van der Waals surface area contributed by atoms with Gasteiger partial charge in [-0.25, -0.2) is 9.99 Å². The number of aromatic nitrogens is 4. The molecule has 4 heterocycles. The van der Waals surface area contributed by atoms with E-state index in [1.54, 1.807) is 22.4 Å². The Morgan fingerprint density at radius 2 is 1.84 bits per heavy atom. The van der Waals surface area contributed by atoms with Crippen molar-refractivity contribution < 1.29 is 4.39 Å². The summed E-state index contributed by atoms with van der Waals surface area (Å²) in [5.41, 5.74) is 4.68. The molecule has 0 saturated heterocycles. The average Bonchev–Trinajstić information content (AvgIpc) is 3.21. The molecule has 0 bridgehead atoms. The molecule has 6 nitrogen and oxygen atoms in total. The number of nitrogens with zero attached hydrogens (tertiary/aromatic N) is 6. The van der Waals surface area contributed by atoms with E-state index in [9.17, 15) is 4.39 Å². The van der Waals surface area contributed by atoms with Gasteiger partial charge in [-0.2, -0.15) is 9.49 Å². The summed E-state index contributed by atoms with van der Waals surface area (Å²) < 4.78 is 15.8. The van der Waals surface area contributed by atoms with E-state index in [0.29, 0.717) is 17.5 Å². The molecule has 5 rings (SSSR count). The largest absolute Gasteiger partial charge is 0.254 e. The van der Waals surface area contributed by atoms with Gasteiger partial charge in [-0.05, 0) is 56.2 Å². The zero-order chi connectivity index (χ0) is 21.7. The molecular formula is C22H18ClFN6S. The molecule has 9 heteroatoms. The van der Waals surface area contributed by atoms with Crippen molar-refractivity contribution in [3.05, 3.63) is 86.5 Å². The summed E-state index contributed by atoms with van der Waals surface area (Å²) in [6, 6.07) is 10.8. The van der Waals surface area contributed by atoms with Crippen molar-refractivity contribution in [2.45, 2.75) is 27.3 Å². The average molecular weight is 453 g/mol. The molecule has 31 heavy (non-hydrogen) atoms. The maximum Gasteiger partial charge on any atom is 0.253 e. The molecule has 0 N–H and O–H groups in total. The number of hydrazone groups is 1. The van der Waals surface area contributed by atoms with E-state index in [4.69, 9.17) is 16.7 Å². The minimum Gasteiger partial charge on any atom is -0.254 e. The lowest BCUT2D eigenvalue weighted by Gasteiger charge is -2.18. The van der Waals surface area contributed by atoms with Crippen molar-refractivity contribution in [2.24, 2.45) is 5.10 Å². The number of anilines is 1. The maximum atomic E-state index is 13.7. The Kier molecular flexibility index (Phi) is 4.83. The van der Waals surface area contributed by atoms with Gasteiger partial charge in [0.1, 0.15) is 16.5 Å². The molecule has 4 aromatic rings. The third kappa shape index (κ3) is 3.41. The Morgan fingerprint density at radius 1 is 1.06 bits per heavy atom. The molecule has 1 aliphatic rings. The van der Waals surface area contributed by atoms with Crippen LogP contribution in [0.5, 0.6) is 0 Å². The summed E-state index contributed by atoms with van der Waals surface area (Å²) >= 11 is 7.82. The highest BCUT2D eigenvalue weighted by Gasteiger charge is 2.30. The zero-order valence-corrected chi connectivity index (χ0v) is 18.7. The lowest BCUT2D eigenvalue weighted by atomic mass is 10.00. The van der Waals surface area contributed by atoms with Crippen molar-refractivity contribution in [1.82, 2.24) is 19.7 Å². The predicted molar refractivity (Wildman–Crippen MR) is 121 cm³/mol. The summed E-state index contributed by atoms with van der Waals surface area (Å²) in [5, 5.41) is 17.2. The minimum atomic E-state index is -0.530. The van der Waals surface area contributed by atoms with Gasteiger partial charge in [0, 0.05) is 27.2 Å². The van der Waals surface area contributed by atoms with Crippen LogP contribution >= 0.6 is 22.9 Å². The van der Waals surface area contributed by atoms with E-state index in [0.717, 1.165) is 38.8 Å². The molecule has 1 aliphatic heterocycles. The van der Waals surface area contributed by atoms with Gasteiger partial charge < -0.3 is 0 Å². The molecule has 0 atom stereocenters. The van der Waals surface area contributed by atoms with Crippen LogP contribution in [0.25, 0.3) is 5.00 Å². The topological polar surface area (TPSA) is 59.2 Å². The highest BCUT2D eigenvalue weighted by molar-refractivity contribution is 7.15. The van der Waals surface area contributed by atoms with Gasteiger partial charge in [0.05, 0.1) is 6.54 Å². The highest BCUT2D eigenvalue weighted by Crippen LogP contribution is 2.38. The number of pyridine rings is 1. The first-order valence-electron chi connectivity index (χ1n) is 9.67. The first kappa shape index (κ1) is 19.8. The Morgan fingerprint density at radius 3 is 2.58 bits per heavy atom. The van der Waals surface area contributed by atoms with Crippen molar-refractivity contribution in [1.29, 1.82) is 0 Å². The van der Waals surface area contributed by atoms with Gasteiger partial charge in [0.2, 0.25) is 5.95 Å². The van der Waals surface area contributed by atoms with Crippen LogP contribution in [-0.4, -0.2) is 25.5 Å². The van der Waals surface area contributed by atoms with Crippen molar-refractivity contribution in [3.63, 3.8) is 0 Å². The Balaban J connectivity index is 1.75. The van der Waals surface area contributed by atoms with Gasteiger partial charge in [-0.15, -0.1) is 21.5 Å². The quantitative estimate of drug-likeness (QED) is 0.400. The van der Waals surface area contributed by atoms with Gasteiger partial charge in [0.25, 0.3) is 5.95 Å². The Hall–Kier alpha value is -3.10. The Labute approximate surface area is 187 Å². The molecule has 156 valence electrons. The molecule has 1 aromatic carbocycles. The SMILES string of the molecule is Cc1sc2c(c1C)C(c1ccc(Cl)cc1)=NN(Cc1ccnc(F)c1)c1nnc(C)n1-2. The second-order valence-electron chi connectivity index (χ2n) is 7.35. The fraction of sp³-hybridized carbons (Fsp3) is 0.182. The van der Waals surface area contributed by atoms with Gasteiger partial charge >= 0.3 is 0 Å². The van der Waals surface area contributed by atoms with Gasteiger partial charge in [-0.1, -0.05) is 23.7 Å². The van der Waals surface area contributed by atoms with Crippen molar-refractivity contribution in [3.8, 4) is 5.00 Å². The van der Waals surface area contributed by atoms with Crippen LogP contribution in [-0.2, 0) is 6.54 Å². The minimum absolute atomic E-state index is 0.321. The van der Waals surface area contributed by atoms with Crippen LogP contribution in [0.4, 0.5) is 10.3 Å². The zero-order valence-electron chi connectivity index (χ0n) is 17.1. The summed E-state index contributed by atoms with van der Waals surface area (Å²) in [7, 11) is 0. The molecule has 0 fully saturated rings. The molecule has 0 radical (unpaired) electrons. The van der Waals surface area contributed by atoms with Crippen LogP contribution in [0.2, 0.25) is 5.02 Å². The maximum absolute atomic E-state index is 13.7. The number of aryl methyl sites for hydroxylation is 2. The Bertz CT molecular complexity index is 1320. The number of fused-ring (bicyclic) bond motifs is 3. The third-order valence-corrected chi connectivity index (χ3v) is 6.75. The molecule has 3 aromatic heterocycles. The lowest BCUT2D eigenvalue weighted by molar-refractivity contribution is 0.580. The van der Waals surface area contributed by atoms with E-state index >= 15 is 0 Å². The number of halogens is 2. The van der Waals surface area contributed by atoms with Crippen LogP contribution in [0.15, 0.2) is 47.7 Å². The molecular weight excluding hydrogens is 435 g/mol. The number of hydrogen-bond donors (Lipinski definition) is 0. The molecule has 0 saturated carbocycles. The third-order valence-electron chi connectivity index (χ3n) is 5.31. The highest BCUT2D eigenvalue weighted by atomic mass is 35.5. The van der Waals surface area contributed by atoms with E-state index in [1.807, 2.05) is 35.8 Å². The van der Waals surface area contributed by atoms with Gasteiger partial charge in [0.15, 0.2) is 0 Å². The summed E-state index contributed by atoms with van der Waals surface area (Å²) in [4.78, 5) is 4.86. The summed E-state index contributed by atoms with van der Waals surface area (Å²) in [5.74, 6) is 0.814. The van der Waals surface area contributed by atoms with Gasteiger partial charge in [-0.3, -0.25) is 4.57 Å². The van der Waals surface area contributed by atoms with Crippen LogP contribution < -0.4 is 5.01 Å². The number of rotatable bonds is 3. The number of hydrogen-bond acceptors (Lipinski definition) is 6. The number of thiophene rings is 1. The van der Waals surface area contributed by atoms with E-state index in [2.05, 4.69) is 29.0 Å². The summed E-state index contributed by atoms with van der Waals surface area (Å²) in [6.07, 6.45) is 1.45. The fourth-order valence-electron chi connectivity index (χ4n) is 3.65. The normalized spacial score (nSPS) is 12.9. The predicted octanol–water partition coefficient (Wildman–Crippen LogP) is 5.21. The van der Waals surface area contributed by atoms with Crippen LogP contribution in [0, 0.1) is 26.7 Å². The standard InChI is InChI=1S/C22H18ClFN6S/c1-12-13(2)31-21-19(12)20(16-4-6-17(23)7-5-16)28-29(22-27-26-14(3)30(21)22)11-15-8-9-25-18(24)10-15/h4-10H,11H2,1-3H3. The van der Waals surface area contributed by atoms with Crippen LogP contribution in [0.1, 0.15) is 33.0 Å². The van der Waals surface area contributed by atoms with E-state index < -0.39 is 5.95 Å². The lowest BCUT2D eigenvalue weighted by Crippen LogP contribution is -2.21. The second-order valence-corrected chi connectivity index (χ2v) is 8.99. The molecule has 0 aliphatic carbocycles.